The number of rotatable bonds is 6. The van der Waals surface area contributed by atoms with Gasteiger partial charge in [-0.1, -0.05) is 30.3 Å². The summed E-state index contributed by atoms with van der Waals surface area (Å²) in [6.07, 6.45) is 2.79. The molecule has 32 heavy (non-hydrogen) atoms. The van der Waals surface area contributed by atoms with Gasteiger partial charge >= 0.3 is 11.8 Å². The molecule has 4 rings (SSSR count). The molecule has 0 atom stereocenters. The average molecular weight is 434 g/mol. The second-order valence-electron chi connectivity index (χ2n) is 7.27. The van der Waals surface area contributed by atoms with Crippen molar-refractivity contribution in [3.8, 4) is 11.5 Å². The lowest BCUT2D eigenvalue weighted by Crippen LogP contribution is -2.49. The second-order valence-corrected chi connectivity index (χ2v) is 7.27. The molecule has 0 spiro atoms. The Kier molecular flexibility index (Phi) is 6.52. The Bertz CT molecular complexity index is 1070. The zero-order valence-electron chi connectivity index (χ0n) is 17.3. The quantitative estimate of drug-likeness (QED) is 0.466. The number of benzene rings is 1. The second kappa shape index (κ2) is 9.84. The lowest BCUT2D eigenvalue weighted by molar-refractivity contribution is -0.389. The number of anilines is 1. The SMILES string of the molecule is O=C(Nc1cc(Oc2ccc([N+](=O)[O-])nc2)ccn1)N1CCN(Cc2ccccc2)CC1. The van der Waals surface area contributed by atoms with Gasteiger partial charge in [0.15, 0.2) is 11.9 Å². The molecule has 1 fully saturated rings. The number of pyridine rings is 2. The van der Waals surface area contributed by atoms with Gasteiger partial charge in [-0.05, 0) is 27.6 Å². The Labute approximate surface area is 184 Å². The summed E-state index contributed by atoms with van der Waals surface area (Å²) in [5.41, 5.74) is 1.26. The number of carbonyl (C=O) groups excluding carboxylic acids is 1. The highest BCUT2D eigenvalue weighted by Gasteiger charge is 2.21. The minimum absolute atomic E-state index is 0.217. The van der Waals surface area contributed by atoms with E-state index in [-0.39, 0.29) is 11.8 Å². The van der Waals surface area contributed by atoms with E-state index in [1.54, 1.807) is 17.0 Å². The van der Waals surface area contributed by atoms with Gasteiger partial charge in [0.1, 0.15) is 11.6 Å². The third kappa shape index (κ3) is 5.55. The largest absolute Gasteiger partial charge is 0.453 e. The summed E-state index contributed by atoms with van der Waals surface area (Å²) in [5, 5.41) is 13.5. The van der Waals surface area contributed by atoms with Crippen LogP contribution >= 0.6 is 0 Å². The van der Waals surface area contributed by atoms with E-state index in [4.69, 9.17) is 4.74 Å². The first-order valence-electron chi connectivity index (χ1n) is 10.1. The van der Waals surface area contributed by atoms with E-state index in [0.717, 1.165) is 19.6 Å². The number of piperazine rings is 1. The van der Waals surface area contributed by atoms with E-state index in [9.17, 15) is 14.9 Å². The maximum Gasteiger partial charge on any atom is 0.363 e. The molecule has 10 nitrogen and oxygen atoms in total. The summed E-state index contributed by atoms with van der Waals surface area (Å²) in [5.74, 6) is 0.866. The van der Waals surface area contributed by atoms with Crippen LogP contribution in [0.5, 0.6) is 11.5 Å². The number of nitrogens with zero attached hydrogens (tertiary/aromatic N) is 5. The van der Waals surface area contributed by atoms with Crippen molar-refractivity contribution < 1.29 is 14.5 Å². The van der Waals surface area contributed by atoms with E-state index in [1.165, 1.54) is 30.1 Å². The van der Waals surface area contributed by atoms with Crippen molar-refractivity contribution >= 4 is 17.7 Å². The summed E-state index contributed by atoms with van der Waals surface area (Å²) in [7, 11) is 0. The van der Waals surface area contributed by atoms with Crippen LogP contribution < -0.4 is 10.1 Å². The first-order valence-corrected chi connectivity index (χ1v) is 10.1. The summed E-state index contributed by atoms with van der Waals surface area (Å²) in [4.78, 5) is 34.7. The molecule has 3 heterocycles. The van der Waals surface area contributed by atoms with Crippen molar-refractivity contribution in [1.82, 2.24) is 19.8 Å². The fourth-order valence-electron chi connectivity index (χ4n) is 3.36. The number of urea groups is 1. The monoisotopic (exact) mass is 434 g/mol. The molecule has 2 amide bonds. The predicted octanol–water partition coefficient (Wildman–Crippen LogP) is 3.53. The van der Waals surface area contributed by atoms with Gasteiger partial charge in [-0.3, -0.25) is 10.2 Å². The molecular weight excluding hydrogens is 412 g/mol. The number of hydrogen-bond acceptors (Lipinski definition) is 7. The van der Waals surface area contributed by atoms with E-state index in [2.05, 4.69) is 32.3 Å². The molecule has 0 bridgehead atoms. The molecule has 0 aliphatic carbocycles. The first kappa shape index (κ1) is 21.2. The molecule has 1 N–H and O–H groups in total. The standard InChI is InChI=1S/C22H22N6O4/c29-22(27-12-10-26(11-13-27)16-17-4-2-1-3-5-17)25-20-14-18(8-9-23-20)32-19-6-7-21(24-15-19)28(30)31/h1-9,14-15H,10-13,16H2,(H,23,25,29). The fourth-order valence-corrected chi connectivity index (χ4v) is 3.36. The molecule has 1 saturated heterocycles. The molecule has 0 unspecified atom stereocenters. The number of aromatic nitrogens is 2. The molecule has 164 valence electrons. The molecule has 1 aromatic carbocycles. The van der Waals surface area contributed by atoms with Gasteiger partial charge in [0, 0.05) is 51.1 Å². The van der Waals surface area contributed by atoms with Crippen molar-refractivity contribution in [3.05, 3.63) is 82.7 Å². The molecule has 10 heteroatoms. The van der Waals surface area contributed by atoms with E-state index >= 15 is 0 Å². The molecule has 3 aromatic rings. The maximum absolute atomic E-state index is 12.6. The van der Waals surface area contributed by atoms with E-state index < -0.39 is 4.92 Å². The van der Waals surface area contributed by atoms with Crippen LogP contribution in [0.2, 0.25) is 0 Å². The molecule has 1 aliphatic rings. The summed E-state index contributed by atoms with van der Waals surface area (Å²) >= 11 is 0. The highest BCUT2D eigenvalue weighted by molar-refractivity contribution is 5.88. The van der Waals surface area contributed by atoms with Crippen LogP contribution in [0, 0.1) is 10.1 Å². The van der Waals surface area contributed by atoms with Crippen molar-refractivity contribution in [2.75, 3.05) is 31.5 Å². The lowest BCUT2D eigenvalue weighted by Gasteiger charge is -2.34. The minimum Gasteiger partial charge on any atom is -0.453 e. The van der Waals surface area contributed by atoms with Gasteiger partial charge in [-0.25, -0.2) is 9.78 Å². The Morgan fingerprint density at radius 3 is 2.50 bits per heavy atom. The normalized spacial score (nSPS) is 14.1. The van der Waals surface area contributed by atoms with Crippen LogP contribution in [-0.4, -0.2) is 56.9 Å². The number of nitro groups is 1. The van der Waals surface area contributed by atoms with Crippen LogP contribution in [0.1, 0.15) is 5.56 Å². The smallest absolute Gasteiger partial charge is 0.363 e. The van der Waals surface area contributed by atoms with Gasteiger partial charge in [-0.15, -0.1) is 0 Å². The zero-order chi connectivity index (χ0) is 22.3. The Morgan fingerprint density at radius 1 is 1.03 bits per heavy atom. The third-order valence-corrected chi connectivity index (χ3v) is 5.02. The summed E-state index contributed by atoms with van der Waals surface area (Å²) < 4.78 is 5.65. The molecule has 0 saturated carbocycles. The summed E-state index contributed by atoms with van der Waals surface area (Å²) in [6, 6.07) is 16.0. The summed E-state index contributed by atoms with van der Waals surface area (Å²) in [6.45, 7) is 3.72. The maximum atomic E-state index is 12.6. The molecule has 0 radical (unpaired) electrons. The number of carbonyl (C=O) groups is 1. The molecule has 1 aliphatic heterocycles. The van der Waals surface area contributed by atoms with E-state index in [0.29, 0.717) is 30.4 Å². The average Bonchev–Trinajstić information content (AvgIpc) is 2.81. The highest BCUT2D eigenvalue weighted by atomic mass is 16.6. The van der Waals surface area contributed by atoms with Gasteiger partial charge in [-0.2, -0.15) is 0 Å². The van der Waals surface area contributed by atoms with Gasteiger partial charge < -0.3 is 19.8 Å². The van der Waals surface area contributed by atoms with Crippen molar-refractivity contribution in [1.29, 1.82) is 0 Å². The van der Waals surface area contributed by atoms with Crippen LogP contribution in [0.4, 0.5) is 16.4 Å². The number of ether oxygens (including phenoxy) is 1. The van der Waals surface area contributed by atoms with Crippen LogP contribution in [-0.2, 0) is 6.54 Å². The van der Waals surface area contributed by atoms with E-state index in [1.807, 2.05) is 18.2 Å². The zero-order valence-corrected chi connectivity index (χ0v) is 17.3. The van der Waals surface area contributed by atoms with Crippen LogP contribution in [0.15, 0.2) is 67.0 Å². The number of amides is 2. The van der Waals surface area contributed by atoms with Crippen molar-refractivity contribution in [2.45, 2.75) is 6.54 Å². The molecular formula is C22H22N6O4. The third-order valence-electron chi connectivity index (χ3n) is 5.02. The van der Waals surface area contributed by atoms with Gasteiger partial charge in [0.05, 0.1) is 0 Å². The van der Waals surface area contributed by atoms with Crippen LogP contribution in [0.3, 0.4) is 0 Å². The van der Waals surface area contributed by atoms with Gasteiger partial charge in [0.2, 0.25) is 0 Å². The number of nitrogens with one attached hydrogen (secondary N) is 1. The van der Waals surface area contributed by atoms with Crippen molar-refractivity contribution in [2.24, 2.45) is 0 Å². The Balaban J connectivity index is 1.29. The Hall–Kier alpha value is -4.05. The first-order chi connectivity index (χ1) is 15.6. The Morgan fingerprint density at radius 2 is 1.81 bits per heavy atom. The van der Waals surface area contributed by atoms with Crippen LogP contribution in [0.25, 0.3) is 0 Å². The molecule has 2 aromatic heterocycles. The minimum atomic E-state index is -0.578. The fraction of sp³-hybridized carbons (Fsp3) is 0.227. The predicted molar refractivity (Wildman–Crippen MR) is 118 cm³/mol. The van der Waals surface area contributed by atoms with Crippen molar-refractivity contribution in [3.63, 3.8) is 0 Å². The lowest BCUT2D eigenvalue weighted by atomic mass is 10.2. The highest BCUT2D eigenvalue weighted by Crippen LogP contribution is 2.23. The topological polar surface area (TPSA) is 114 Å². The number of hydrogen-bond donors (Lipinski definition) is 1. The van der Waals surface area contributed by atoms with Gasteiger partial charge in [0.25, 0.3) is 0 Å².